The summed E-state index contributed by atoms with van der Waals surface area (Å²) >= 11 is 0. The molecule has 0 spiro atoms. The van der Waals surface area contributed by atoms with E-state index in [0.717, 1.165) is 12.1 Å². The zero-order valence-corrected chi connectivity index (χ0v) is 10.2. The molecule has 0 heterocycles. The van der Waals surface area contributed by atoms with Gasteiger partial charge in [-0.3, -0.25) is 14.9 Å². The monoisotopic (exact) mass is 236 g/mol. The van der Waals surface area contributed by atoms with Gasteiger partial charge in [-0.05, 0) is 6.07 Å². The molecule has 0 saturated carbocycles. The van der Waals surface area contributed by atoms with Gasteiger partial charge in [0.2, 0.25) is 0 Å². The minimum atomic E-state index is -1.37. The summed E-state index contributed by atoms with van der Waals surface area (Å²) in [5, 5.41) is 19.0. The normalized spacial score (nSPS) is 8.75. The Morgan fingerprint density at radius 3 is 2.31 bits per heavy atom. The van der Waals surface area contributed by atoms with Gasteiger partial charge in [0.25, 0.3) is 5.69 Å². The molecule has 0 N–H and O–H groups in total. The third-order valence-corrected chi connectivity index (χ3v) is 1.48. The molecule has 0 unspecified atom stereocenters. The topological polar surface area (TPSA) is 113 Å². The number of para-hydroxylation sites is 1. The van der Waals surface area contributed by atoms with Crippen molar-refractivity contribution in [2.75, 3.05) is 0 Å². The van der Waals surface area contributed by atoms with Crippen molar-refractivity contribution in [3.63, 3.8) is 0 Å². The summed E-state index contributed by atoms with van der Waals surface area (Å²) < 4.78 is 0. The summed E-state index contributed by atoms with van der Waals surface area (Å²) in [5.74, 6) is -1.37. The predicted molar refractivity (Wildman–Crippen MR) is 46.6 cm³/mol. The summed E-state index contributed by atoms with van der Waals surface area (Å²) in [5.41, 5.74) is -0.997. The SMILES string of the molecule is O=C(O[N+](=O)[O-])c1ccccc1[N+](=O)[O-].[H-].[Na+]. The molecule has 1 aromatic carbocycles. The fourth-order valence-corrected chi connectivity index (χ4v) is 0.922. The number of nitrogens with zero attached hydrogens (tertiary/aromatic N) is 2. The second kappa shape index (κ2) is 6.16. The van der Waals surface area contributed by atoms with Crippen molar-refractivity contribution >= 4 is 11.7 Å². The van der Waals surface area contributed by atoms with Gasteiger partial charge in [-0.15, -0.1) is 10.1 Å². The van der Waals surface area contributed by atoms with Crippen LogP contribution in [0.1, 0.15) is 11.8 Å². The molecule has 0 fully saturated rings. The van der Waals surface area contributed by atoms with Gasteiger partial charge < -0.3 is 1.43 Å². The van der Waals surface area contributed by atoms with Gasteiger partial charge in [0.1, 0.15) is 5.56 Å². The Morgan fingerprint density at radius 2 is 1.81 bits per heavy atom. The molecule has 1 aromatic rings. The molecule has 0 atom stereocenters. The van der Waals surface area contributed by atoms with Crippen LogP contribution in [0.3, 0.4) is 0 Å². The summed E-state index contributed by atoms with van der Waals surface area (Å²) in [4.78, 5) is 34.1. The van der Waals surface area contributed by atoms with E-state index in [4.69, 9.17) is 0 Å². The molecule has 0 saturated heterocycles. The van der Waals surface area contributed by atoms with Crippen LogP contribution in [0.15, 0.2) is 24.3 Å². The van der Waals surface area contributed by atoms with Gasteiger partial charge in [-0.2, -0.15) is 0 Å². The molecular weight excluding hydrogens is 231 g/mol. The van der Waals surface area contributed by atoms with Crippen molar-refractivity contribution in [1.29, 1.82) is 0 Å². The van der Waals surface area contributed by atoms with Gasteiger partial charge in [-0.1, -0.05) is 12.1 Å². The van der Waals surface area contributed by atoms with Crippen LogP contribution in [0.25, 0.3) is 0 Å². The van der Waals surface area contributed by atoms with Crippen LogP contribution in [0.5, 0.6) is 0 Å². The van der Waals surface area contributed by atoms with E-state index in [1.54, 1.807) is 0 Å². The summed E-state index contributed by atoms with van der Waals surface area (Å²) in [6.45, 7) is 0. The molecule has 0 aliphatic rings. The second-order valence-corrected chi connectivity index (χ2v) is 2.38. The van der Waals surface area contributed by atoms with Crippen LogP contribution in [0, 0.1) is 20.2 Å². The molecule has 8 nitrogen and oxygen atoms in total. The number of hydrogen-bond donors (Lipinski definition) is 0. The van der Waals surface area contributed by atoms with Crippen molar-refractivity contribution in [3.05, 3.63) is 50.1 Å². The second-order valence-electron chi connectivity index (χ2n) is 2.38. The van der Waals surface area contributed by atoms with Crippen molar-refractivity contribution in [2.24, 2.45) is 0 Å². The fraction of sp³-hybridized carbons (Fsp3) is 0. The van der Waals surface area contributed by atoms with Crippen LogP contribution in [-0.4, -0.2) is 16.0 Å². The molecular formula is C7H5N2NaO6. The van der Waals surface area contributed by atoms with Crippen molar-refractivity contribution in [3.8, 4) is 0 Å². The number of nitro benzene ring substituents is 1. The van der Waals surface area contributed by atoms with Crippen molar-refractivity contribution in [2.45, 2.75) is 0 Å². The molecule has 0 aromatic heterocycles. The van der Waals surface area contributed by atoms with E-state index < -0.39 is 27.2 Å². The Kier molecular flexibility index (Phi) is 5.57. The molecule has 0 radical (unpaired) electrons. The van der Waals surface area contributed by atoms with E-state index in [1.165, 1.54) is 12.1 Å². The number of hydrogen-bond acceptors (Lipinski definition) is 6. The third kappa shape index (κ3) is 3.57. The number of carbonyl (C=O) groups is 1. The standard InChI is InChI=1S/C7H4N2O6.Na.H/c10-7(15-9(13)14)5-3-1-2-4-6(5)8(11)12;;/h1-4H;;/q;+1;-1. The maximum atomic E-state index is 11.0. The summed E-state index contributed by atoms with van der Waals surface area (Å²) in [6, 6.07) is 4.80. The van der Waals surface area contributed by atoms with E-state index in [-0.39, 0.29) is 31.0 Å². The van der Waals surface area contributed by atoms with Gasteiger partial charge in [0.05, 0.1) is 4.92 Å². The Hall–Kier alpha value is -1.51. The minimum absolute atomic E-state index is 0. The van der Waals surface area contributed by atoms with Crippen LogP contribution in [0.2, 0.25) is 0 Å². The van der Waals surface area contributed by atoms with E-state index >= 15 is 0 Å². The Morgan fingerprint density at radius 1 is 1.25 bits per heavy atom. The van der Waals surface area contributed by atoms with Gasteiger partial charge in [0.15, 0.2) is 0 Å². The Balaban J connectivity index is 0. The van der Waals surface area contributed by atoms with Crippen LogP contribution >= 0.6 is 0 Å². The quantitative estimate of drug-likeness (QED) is 0.342. The van der Waals surface area contributed by atoms with Crippen LogP contribution in [0.4, 0.5) is 5.69 Å². The smallest absolute Gasteiger partial charge is 1.00 e. The summed E-state index contributed by atoms with van der Waals surface area (Å²) in [6.07, 6.45) is 0. The Bertz CT molecular complexity index is 440. The average molecular weight is 236 g/mol. The maximum absolute atomic E-state index is 11.0. The van der Waals surface area contributed by atoms with Crippen LogP contribution < -0.4 is 29.6 Å². The number of benzene rings is 1. The van der Waals surface area contributed by atoms with Gasteiger partial charge in [0, 0.05) is 6.07 Å². The molecule has 9 heteroatoms. The molecule has 1 rings (SSSR count). The molecule has 16 heavy (non-hydrogen) atoms. The van der Waals surface area contributed by atoms with E-state index in [1.807, 2.05) is 0 Å². The Labute approximate surface area is 112 Å². The van der Waals surface area contributed by atoms with Crippen molar-refractivity contribution in [1.82, 2.24) is 0 Å². The number of carbonyl (C=O) groups excluding carboxylic acids is 1. The minimum Gasteiger partial charge on any atom is -1.00 e. The van der Waals surface area contributed by atoms with Gasteiger partial charge >= 0.3 is 40.6 Å². The zero-order valence-electron chi connectivity index (χ0n) is 9.15. The first-order valence-electron chi connectivity index (χ1n) is 3.62. The molecule has 80 valence electrons. The molecule has 0 aliphatic heterocycles. The average Bonchev–Trinajstić information content (AvgIpc) is 2.16. The largest absolute Gasteiger partial charge is 1.00 e. The van der Waals surface area contributed by atoms with E-state index in [2.05, 4.69) is 4.84 Å². The number of nitro groups is 1. The zero-order chi connectivity index (χ0) is 11.4. The first kappa shape index (κ1) is 14.5. The van der Waals surface area contributed by atoms with E-state index in [0.29, 0.717) is 0 Å². The molecule has 0 amide bonds. The van der Waals surface area contributed by atoms with Crippen molar-refractivity contribution < 1.29 is 50.6 Å². The fourth-order valence-electron chi connectivity index (χ4n) is 0.922. The summed E-state index contributed by atoms with van der Waals surface area (Å²) in [7, 11) is 0. The molecule has 0 aliphatic carbocycles. The van der Waals surface area contributed by atoms with Gasteiger partial charge in [-0.25, -0.2) is 4.84 Å². The third-order valence-electron chi connectivity index (χ3n) is 1.48. The molecule has 0 bridgehead atoms. The van der Waals surface area contributed by atoms with E-state index in [9.17, 15) is 25.0 Å². The number of rotatable bonds is 3. The van der Waals surface area contributed by atoms with Crippen LogP contribution in [-0.2, 0) is 4.84 Å². The first-order valence-corrected chi connectivity index (χ1v) is 3.62. The maximum Gasteiger partial charge on any atom is 1.00 e. The predicted octanol–water partition coefficient (Wildman–Crippen LogP) is -1.94. The first-order chi connectivity index (χ1) is 7.02.